The number of amides is 3. The number of aliphatic imine (C=N–C) groups is 1. The van der Waals surface area contributed by atoms with Gasteiger partial charge in [0.2, 0.25) is 17.7 Å². The Hall–Kier alpha value is -2.54. The first-order valence-corrected chi connectivity index (χ1v) is 8.75. The van der Waals surface area contributed by atoms with Crippen LogP contribution in [0.4, 0.5) is 0 Å². The van der Waals surface area contributed by atoms with Crippen molar-refractivity contribution >= 4 is 42.3 Å². The third kappa shape index (κ3) is 10.9. The van der Waals surface area contributed by atoms with Crippen molar-refractivity contribution in [2.75, 3.05) is 12.3 Å². The maximum Gasteiger partial charge on any atom is 0.326 e. The van der Waals surface area contributed by atoms with Gasteiger partial charge < -0.3 is 38.7 Å². The molecule has 0 aliphatic carbocycles. The van der Waals surface area contributed by atoms with E-state index < -0.39 is 41.8 Å². The van der Waals surface area contributed by atoms with Crippen molar-refractivity contribution < 1.29 is 24.3 Å². The van der Waals surface area contributed by atoms with E-state index in [4.69, 9.17) is 22.9 Å². The van der Waals surface area contributed by atoms with E-state index in [0.29, 0.717) is 6.42 Å². The summed E-state index contributed by atoms with van der Waals surface area (Å²) in [5, 5.41) is 13.9. The van der Waals surface area contributed by atoms with Gasteiger partial charge in [-0.15, -0.1) is 0 Å². The van der Waals surface area contributed by atoms with Crippen molar-refractivity contribution in [2.45, 2.75) is 43.8 Å². The summed E-state index contributed by atoms with van der Waals surface area (Å²) >= 11 is 3.89. The first kappa shape index (κ1) is 24.5. The highest BCUT2D eigenvalue weighted by atomic mass is 32.1. The second kappa shape index (κ2) is 12.8. The molecule has 3 atom stereocenters. The Kier molecular flexibility index (Phi) is 11.6. The topological polar surface area (TPSA) is 229 Å². The number of carboxylic acid groups (broad SMARTS) is 1. The van der Waals surface area contributed by atoms with Gasteiger partial charge in [-0.2, -0.15) is 12.6 Å². The van der Waals surface area contributed by atoms with E-state index in [1.165, 1.54) is 0 Å². The first-order chi connectivity index (χ1) is 12.6. The third-order valence-corrected chi connectivity index (χ3v) is 3.80. The molecule has 13 heteroatoms. The molecule has 0 saturated heterocycles. The number of hydrogen-bond donors (Lipinski definition) is 8. The summed E-state index contributed by atoms with van der Waals surface area (Å²) in [5.74, 6) is -3.45. The molecule has 12 nitrogen and oxygen atoms in total. The van der Waals surface area contributed by atoms with Gasteiger partial charge in [0.1, 0.15) is 12.1 Å². The number of carbonyl (C=O) groups is 4. The minimum Gasteiger partial charge on any atom is -0.480 e. The van der Waals surface area contributed by atoms with Gasteiger partial charge in [-0.1, -0.05) is 0 Å². The van der Waals surface area contributed by atoms with Crippen molar-refractivity contribution in [1.29, 1.82) is 0 Å². The standard InChI is InChI=1S/C14H27N7O5S/c15-7(6-27)11(23)20-8(3-4-10(16)22)12(24)21-9(13(25)26)2-1-5-19-14(17)18/h7-9,27H,1-6,15H2,(H2,16,22)(H,20,23)(H,21,24)(H,25,26)(H4,17,18,19). The smallest absolute Gasteiger partial charge is 0.326 e. The van der Waals surface area contributed by atoms with Crippen LogP contribution >= 0.6 is 12.6 Å². The van der Waals surface area contributed by atoms with Gasteiger partial charge in [-0.25, -0.2) is 4.79 Å². The molecular formula is C14H27N7O5S. The van der Waals surface area contributed by atoms with E-state index in [0.717, 1.165) is 0 Å². The molecular weight excluding hydrogens is 378 g/mol. The fourth-order valence-corrected chi connectivity index (χ4v) is 2.12. The molecule has 154 valence electrons. The molecule has 0 heterocycles. The second-order valence-electron chi connectivity index (χ2n) is 5.70. The summed E-state index contributed by atoms with van der Waals surface area (Å²) in [4.78, 5) is 50.3. The van der Waals surface area contributed by atoms with Crippen LogP contribution in [0.3, 0.4) is 0 Å². The number of aliphatic carboxylic acids is 1. The molecule has 0 aromatic carbocycles. The maximum atomic E-state index is 12.4. The summed E-state index contributed by atoms with van der Waals surface area (Å²) in [6.45, 7) is 0.195. The van der Waals surface area contributed by atoms with Crippen LogP contribution in [0.5, 0.6) is 0 Å². The minimum absolute atomic E-state index is 0.0402. The predicted octanol–water partition coefficient (Wildman–Crippen LogP) is -3.38. The first-order valence-electron chi connectivity index (χ1n) is 8.12. The zero-order valence-electron chi connectivity index (χ0n) is 14.8. The molecule has 0 aromatic rings. The van der Waals surface area contributed by atoms with Gasteiger partial charge in [0.15, 0.2) is 5.96 Å². The summed E-state index contributed by atoms with van der Waals surface area (Å²) in [5.41, 5.74) is 21.0. The highest BCUT2D eigenvalue weighted by Gasteiger charge is 2.27. The summed E-state index contributed by atoms with van der Waals surface area (Å²) in [6, 6.07) is -3.36. The van der Waals surface area contributed by atoms with Gasteiger partial charge in [0.05, 0.1) is 6.04 Å². The Bertz CT molecular complexity index is 568. The quantitative estimate of drug-likeness (QED) is 0.0665. The summed E-state index contributed by atoms with van der Waals surface area (Å²) in [6.07, 6.45) is 0.0751. The second-order valence-corrected chi connectivity index (χ2v) is 6.07. The van der Waals surface area contributed by atoms with E-state index in [1.807, 2.05) is 0 Å². The Morgan fingerprint density at radius 1 is 1.00 bits per heavy atom. The Morgan fingerprint density at radius 3 is 2.07 bits per heavy atom. The van der Waals surface area contributed by atoms with Crippen molar-refractivity contribution in [3.8, 4) is 0 Å². The van der Waals surface area contributed by atoms with E-state index in [-0.39, 0.29) is 37.5 Å². The molecule has 11 N–H and O–H groups in total. The molecule has 0 fully saturated rings. The highest BCUT2D eigenvalue weighted by Crippen LogP contribution is 2.03. The average molecular weight is 405 g/mol. The van der Waals surface area contributed by atoms with Crippen LogP contribution in [0.15, 0.2) is 4.99 Å². The number of nitrogens with zero attached hydrogens (tertiary/aromatic N) is 1. The molecule has 0 saturated carbocycles. The van der Waals surface area contributed by atoms with Crippen molar-refractivity contribution in [3.05, 3.63) is 0 Å². The number of carbonyl (C=O) groups excluding carboxylic acids is 3. The lowest BCUT2D eigenvalue weighted by molar-refractivity contribution is -0.142. The molecule has 3 amide bonds. The molecule has 0 aromatic heterocycles. The lowest BCUT2D eigenvalue weighted by atomic mass is 10.1. The SMILES string of the molecule is NC(=O)CCC(NC(=O)C(N)CS)C(=O)NC(CCCN=C(N)N)C(=O)O. The maximum absolute atomic E-state index is 12.4. The number of primary amides is 1. The van der Waals surface area contributed by atoms with Crippen LogP contribution in [0, 0.1) is 0 Å². The molecule has 0 aliphatic rings. The monoisotopic (exact) mass is 405 g/mol. The number of hydrogen-bond acceptors (Lipinski definition) is 7. The molecule has 27 heavy (non-hydrogen) atoms. The molecule has 0 spiro atoms. The van der Waals surface area contributed by atoms with E-state index in [9.17, 15) is 24.3 Å². The highest BCUT2D eigenvalue weighted by molar-refractivity contribution is 7.80. The Labute approximate surface area is 161 Å². The lowest BCUT2D eigenvalue weighted by Gasteiger charge is -2.22. The van der Waals surface area contributed by atoms with Gasteiger partial charge in [0.25, 0.3) is 0 Å². The Balaban J connectivity index is 4.97. The number of nitrogens with one attached hydrogen (secondary N) is 2. The number of nitrogens with two attached hydrogens (primary N) is 4. The molecule has 0 aliphatic heterocycles. The fraction of sp³-hybridized carbons (Fsp3) is 0.643. The van der Waals surface area contributed by atoms with Gasteiger partial charge in [-0.05, 0) is 19.3 Å². The molecule has 0 rings (SSSR count). The molecule has 0 bridgehead atoms. The lowest BCUT2D eigenvalue weighted by Crippen LogP contribution is -2.55. The van der Waals surface area contributed by atoms with Crippen molar-refractivity contribution in [3.63, 3.8) is 0 Å². The molecule has 0 radical (unpaired) electrons. The van der Waals surface area contributed by atoms with Crippen LogP contribution in [-0.2, 0) is 19.2 Å². The molecule has 3 unspecified atom stereocenters. The number of carboxylic acids is 1. The van der Waals surface area contributed by atoms with Gasteiger partial charge in [-0.3, -0.25) is 19.4 Å². The zero-order chi connectivity index (χ0) is 21.0. The summed E-state index contributed by atoms with van der Waals surface area (Å²) < 4.78 is 0. The van der Waals surface area contributed by atoms with E-state index in [1.54, 1.807) is 0 Å². The largest absolute Gasteiger partial charge is 0.480 e. The van der Waals surface area contributed by atoms with Crippen LogP contribution in [0.2, 0.25) is 0 Å². The van der Waals surface area contributed by atoms with E-state index >= 15 is 0 Å². The summed E-state index contributed by atoms with van der Waals surface area (Å²) in [7, 11) is 0. The van der Waals surface area contributed by atoms with Gasteiger partial charge in [0, 0.05) is 18.7 Å². The Morgan fingerprint density at radius 2 is 1.59 bits per heavy atom. The normalized spacial score (nSPS) is 13.7. The average Bonchev–Trinajstić information content (AvgIpc) is 2.59. The van der Waals surface area contributed by atoms with Crippen LogP contribution in [0.1, 0.15) is 25.7 Å². The van der Waals surface area contributed by atoms with Crippen LogP contribution < -0.4 is 33.6 Å². The zero-order valence-corrected chi connectivity index (χ0v) is 15.7. The number of thiol groups is 1. The van der Waals surface area contributed by atoms with Gasteiger partial charge >= 0.3 is 5.97 Å². The van der Waals surface area contributed by atoms with Crippen LogP contribution in [-0.4, -0.2) is 65.2 Å². The number of rotatable bonds is 13. The predicted molar refractivity (Wildman–Crippen MR) is 102 cm³/mol. The van der Waals surface area contributed by atoms with E-state index in [2.05, 4.69) is 28.3 Å². The van der Waals surface area contributed by atoms with Crippen molar-refractivity contribution in [2.24, 2.45) is 27.9 Å². The third-order valence-electron chi connectivity index (χ3n) is 3.41. The van der Waals surface area contributed by atoms with Crippen LogP contribution in [0.25, 0.3) is 0 Å². The fourth-order valence-electron chi connectivity index (χ4n) is 1.95. The number of guanidine groups is 1. The minimum atomic E-state index is -1.26. The van der Waals surface area contributed by atoms with Crippen molar-refractivity contribution in [1.82, 2.24) is 10.6 Å².